The minimum atomic E-state index is -4.68. The number of hydrogen-bond donors (Lipinski definition) is 2. The first-order valence-corrected chi connectivity index (χ1v) is 7.43. The van der Waals surface area contributed by atoms with Gasteiger partial charge in [-0.05, 0) is 25.5 Å². The van der Waals surface area contributed by atoms with Gasteiger partial charge in [-0.15, -0.1) is 0 Å². The van der Waals surface area contributed by atoms with Gasteiger partial charge in [0.05, 0.1) is 5.69 Å². The molecular weight excluding hydrogens is 338 g/mol. The second-order valence-electron chi connectivity index (χ2n) is 5.31. The molecule has 1 aromatic heterocycles. The number of aromatic nitrogens is 2. The molecule has 5 nitrogen and oxygen atoms in total. The first-order valence-electron chi connectivity index (χ1n) is 7.43. The molecule has 0 saturated heterocycles. The summed E-state index contributed by atoms with van der Waals surface area (Å²) >= 11 is 0. The van der Waals surface area contributed by atoms with Crippen molar-refractivity contribution in [3.05, 3.63) is 41.3 Å². The second kappa shape index (κ2) is 7.34. The van der Waals surface area contributed by atoms with E-state index in [9.17, 15) is 17.6 Å². The van der Waals surface area contributed by atoms with Crippen LogP contribution in [0, 0.1) is 17.1 Å². The lowest BCUT2D eigenvalue weighted by molar-refractivity contribution is -0.141. The van der Waals surface area contributed by atoms with E-state index in [1.165, 1.54) is 12.1 Å². The Bertz CT molecular complexity index is 798. The van der Waals surface area contributed by atoms with Crippen molar-refractivity contribution in [1.29, 1.82) is 5.26 Å². The lowest BCUT2D eigenvalue weighted by atomic mass is 10.2. The van der Waals surface area contributed by atoms with Crippen molar-refractivity contribution in [2.24, 2.45) is 0 Å². The van der Waals surface area contributed by atoms with Crippen LogP contribution in [-0.4, -0.2) is 16.0 Å². The molecule has 1 heterocycles. The zero-order chi connectivity index (χ0) is 18.6. The quantitative estimate of drug-likeness (QED) is 0.777. The Balaban J connectivity index is 2.45. The van der Waals surface area contributed by atoms with Crippen LogP contribution < -0.4 is 10.6 Å². The van der Waals surface area contributed by atoms with Crippen LogP contribution in [0.4, 0.5) is 35.0 Å². The van der Waals surface area contributed by atoms with Gasteiger partial charge in [0.25, 0.3) is 0 Å². The first-order chi connectivity index (χ1) is 11.7. The molecule has 1 aromatic carbocycles. The van der Waals surface area contributed by atoms with Gasteiger partial charge >= 0.3 is 6.18 Å². The summed E-state index contributed by atoms with van der Waals surface area (Å²) in [5.74, 6) is -1.19. The maximum atomic E-state index is 13.6. The summed E-state index contributed by atoms with van der Waals surface area (Å²) in [7, 11) is 0. The Labute approximate surface area is 141 Å². The molecule has 0 fully saturated rings. The van der Waals surface area contributed by atoms with E-state index in [1.54, 1.807) is 13.0 Å². The number of alkyl halides is 3. The molecule has 0 aliphatic rings. The SMILES string of the molecule is CC[C@@H](C)Nc1nc(Nc2cccc(F)c2C#N)cc(C(F)(F)F)n1. The van der Waals surface area contributed by atoms with E-state index in [-0.39, 0.29) is 29.1 Å². The van der Waals surface area contributed by atoms with E-state index in [0.29, 0.717) is 12.5 Å². The van der Waals surface area contributed by atoms with Crippen LogP contribution in [0.5, 0.6) is 0 Å². The third-order valence-corrected chi connectivity index (χ3v) is 3.39. The summed E-state index contributed by atoms with van der Waals surface area (Å²) in [5, 5.41) is 14.3. The first kappa shape index (κ1) is 18.4. The minimum absolute atomic E-state index is 0.0174. The molecule has 1 atom stereocenters. The zero-order valence-corrected chi connectivity index (χ0v) is 13.4. The fourth-order valence-electron chi connectivity index (χ4n) is 1.92. The lowest BCUT2D eigenvalue weighted by Crippen LogP contribution is -2.19. The average molecular weight is 353 g/mol. The highest BCUT2D eigenvalue weighted by atomic mass is 19.4. The molecule has 0 amide bonds. The number of hydrogen-bond acceptors (Lipinski definition) is 5. The molecule has 25 heavy (non-hydrogen) atoms. The van der Waals surface area contributed by atoms with Crippen LogP contribution in [-0.2, 0) is 6.18 Å². The standard InChI is InChI=1S/C16H15F4N5/c1-3-9(2)22-15-24-13(16(18,19)20)7-14(25-15)23-12-6-4-5-11(17)10(12)8-21/h4-7,9H,3H2,1-2H3,(H2,22,23,24,25)/t9-/m1/s1. The highest BCUT2D eigenvalue weighted by Crippen LogP contribution is 2.31. The lowest BCUT2D eigenvalue weighted by Gasteiger charge is -2.16. The number of halogens is 4. The number of anilines is 3. The van der Waals surface area contributed by atoms with E-state index in [0.717, 1.165) is 6.07 Å². The average Bonchev–Trinajstić information content (AvgIpc) is 2.54. The van der Waals surface area contributed by atoms with Crippen molar-refractivity contribution in [1.82, 2.24) is 9.97 Å². The van der Waals surface area contributed by atoms with Crippen molar-refractivity contribution in [2.45, 2.75) is 32.5 Å². The van der Waals surface area contributed by atoms with Crippen molar-refractivity contribution in [2.75, 3.05) is 10.6 Å². The van der Waals surface area contributed by atoms with Gasteiger partial charge in [-0.3, -0.25) is 0 Å². The number of nitrogens with one attached hydrogen (secondary N) is 2. The van der Waals surface area contributed by atoms with Crippen molar-refractivity contribution < 1.29 is 17.6 Å². The van der Waals surface area contributed by atoms with E-state index in [4.69, 9.17) is 5.26 Å². The largest absolute Gasteiger partial charge is 0.433 e. The van der Waals surface area contributed by atoms with E-state index in [1.807, 2.05) is 6.92 Å². The fraction of sp³-hybridized carbons (Fsp3) is 0.312. The Kier molecular flexibility index (Phi) is 5.41. The Morgan fingerprint density at radius 1 is 1.28 bits per heavy atom. The van der Waals surface area contributed by atoms with Crippen molar-refractivity contribution in [3.63, 3.8) is 0 Å². The third-order valence-electron chi connectivity index (χ3n) is 3.39. The minimum Gasteiger partial charge on any atom is -0.352 e. The molecule has 0 bridgehead atoms. The number of rotatable bonds is 5. The maximum absolute atomic E-state index is 13.6. The topological polar surface area (TPSA) is 73.6 Å². The second-order valence-corrected chi connectivity index (χ2v) is 5.31. The van der Waals surface area contributed by atoms with Gasteiger partial charge in [0.15, 0.2) is 5.69 Å². The summed E-state index contributed by atoms with van der Waals surface area (Å²) in [6.07, 6.45) is -4.02. The van der Waals surface area contributed by atoms with Crippen molar-refractivity contribution in [3.8, 4) is 6.07 Å². The molecule has 2 rings (SSSR count). The van der Waals surface area contributed by atoms with Gasteiger partial charge in [-0.1, -0.05) is 13.0 Å². The van der Waals surface area contributed by atoms with Crippen LogP contribution in [0.15, 0.2) is 24.3 Å². The molecule has 132 valence electrons. The van der Waals surface area contributed by atoms with Crippen LogP contribution >= 0.6 is 0 Å². The zero-order valence-electron chi connectivity index (χ0n) is 13.4. The van der Waals surface area contributed by atoms with Gasteiger partial charge < -0.3 is 10.6 Å². The molecule has 2 aromatic rings. The van der Waals surface area contributed by atoms with Crippen LogP contribution in [0.3, 0.4) is 0 Å². The summed E-state index contributed by atoms with van der Waals surface area (Å²) in [6, 6.07) is 6.02. The predicted octanol–water partition coefficient (Wildman–Crippen LogP) is 4.46. The Hall–Kier alpha value is -2.89. The summed E-state index contributed by atoms with van der Waals surface area (Å²) in [4.78, 5) is 7.44. The molecule has 2 N–H and O–H groups in total. The Morgan fingerprint density at radius 2 is 2.00 bits per heavy atom. The van der Waals surface area contributed by atoms with Crippen LogP contribution in [0.2, 0.25) is 0 Å². The van der Waals surface area contributed by atoms with Crippen molar-refractivity contribution >= 4 is 17.5 Å². The van der Waals surface area contributed by atoms with Gasteiger partial charge in [0, 0.05) is 12.1 Å². The smallest absolute Gasteiger partial charge is 0.352 e. The monoisotopic (exact) mass is 353 g/mol. The van der Waals surface area contributed by atoms with Gasteiger partial charge in [0.2, 0.25) is 5.95 Å². The highest BCUT2D eigenvalue weighted by molar-refractivity contribution is 5.65. The van der Waals surface area contributed by atoms with Gasteiger partial charge in [0.1, 0.15) is 23.3 Å². The van der Waals surface area contributed by atoms with E-state index >= 15 is 0 Å². The Morgan fingerprint density at radius 3 is 2.60 bits per heavy atom. The van der Waals surface area contributed by atoms with E-state index < -0.39 is 17.7 Å². The summed E-state index contributed by atoms with van der Waals surface area (Å²) in [5.41, 5.74) is -1.44. The molecular formula is C16H15F4N5. The van der Waals surface area contributed by atoms with Gasteiger partial charge in [-0.25, -0.2) is 9.37 Å². The molecule has 0 unspecified atom stereocenters. The maximum Gasteiger partial charge on any atom is 0.433 e. The molecule has 9 heteroatoms. The molecule has 0 aliphatic heterocycles. The number of nitriles is 1. The fourth-order valence-corrected chi connectivity index (χ4v) is 1.92. The van der Waals surface area contributed by atoms with Crippen LogP contribution in [0.25, 0.3) is 0 Å². The summed E-state index contributed by atoms with van der Waals surface area (Å²) in [6.45, 7) is 3.63. The molecule has 0 aliphatic carbocycles. The normalized spacial score (nSPS) is 12.4. The molecule has 0 radical (unpaired) electrons. The number of benzene rings is 1. The van der Waals surface area contributed by atoms with Gasteiger partial charge in [-0.2, -0.15) is 23.4 Å². The highest BCUT2D eigenvalue weighted by Gasteiger charge is 2.34. The van der Waals surface area contributed by atoms with Crippen LogP contribution in [0.1, 0.15) is 31.5 Å². The third kappa shape index (κ3) is 4.56. The molecule has 0 spiro atoms. The molecule has 0 saturated carbocycles. The summed E-state index contributed by atoms with van der Waals surface area (Å²) < 4.78 is 52.8. The predicted molar refractivity (Wildman–Crippen MR) is 84.8 cm³/mol. The van der Waals surface area contributed by atoms with E-state index in [2.05, 4.69) is 20.6 Å². The number of nitrogens with zero attached hydrogens (tertiary/aromatic N) is 3.